The number of ether oxygens (including phenoxy) is 1. The van der Waals surface area contributed by atoms with Gasteiger partial charge in [-0.3, -0.25) is 4.57 Å². The summed E-state index contributed by atoms with van der Waals surface area (Å²) in [5.74, 6) is 1.12. The van der Waals surface area contributed by atoms with Gasteiger partial charge in [-0.2, -0.15) is 0 Å². The normalized spacial score (nSPS) is 11.6. The van der Waals surface area contributed by atoms with Crippen LogP contribution in [0.25, 0.3) is 17.1 Å². The lowest BCUT2D eigenvalue weighted by molar-refractivity contribution is 0.340. The summed E-state index contributed by atoms with van der Waals surface area (Å²) in [5, 5.41) is 14.0. The third kappa shape index (κ3) is 5.55. The van der Waals surface area contributed by atoms with Crippen LogP contribution >= 0.6 is 11.8 Å². The van der Waals surface area contributed by atoms with Gasteiger partial charge in [0, 0.05) is 11.3 Å². The Bertz CT molecular complexity index is 1070. The van der Waals surface area contributed by atoms with Crippen molar-refractivity contribution < 1.29 is 17.5 Å². The first-order valence-corrected chi connectivity index (χ1v) is 11.7. The van der Waals surface area contributed by atoms with Crippen LogP contribution in [-0.2, 0) is 10.0 Å². The first-order valence-electron chi connectivity index (χ1n) is 8.96. The summed E-state index contributed by atoms with van der Waals surface area (Å²) in [6, 6.07) is 13.7. The number of halogens is 1. The maximum Gasteiger partial charge on any atom is 0.209 e. The van der Waals surface area contributed by atoms with Gasteiger partial charge < -0.3 is 4.74 Å². The quantitative estimate of drug-likeness (QED) is 0.408. The van der Waals surface area contributed by atoms with E-state index in [0.717, 1.165) is 11.3 Å². The molecule has 7 nitrogen and oxygen atoms in total. The minimum atomic E-state index is -3.52. The maximum absolute atomic E-state index is 14.5. The largest absolute Gasteiger partial charge is 0.494 e. The fraction of sp³-hybridized carbons (Fsp3) is 0.263. The lowest BCUT2D eigenvalue weighted by Crippen LogP contribution is -2.16. The van der Waals surface area contributed by atoms with E-state index in [2.05, 4.69) is 10.2 Å². The fourth-order valence-electron chi connectivity index (χ4n) is 2.69. The predicted octanol–water partition coefficient (Wildman–Crippen LogP) is 3.24. The number of rotatable bonds is 9. The Kier molecular flexibility index (Phi) is 6.88. The second-order valence-corrected chi connectivity index (χ2v) is 8.92. The van der Waals surface area contributed by atoms with E-state index in [-0.39, 0.29) is 5.75 Å². The van der Waals surface area contributed by atoms with Crippen molar-refractivity contribution in [3.05, 3.63) is 54.3 Å². The van der Waals surface area contributed by atoms with Crippen molar-refractivity contribution in [1.29, 1.82) is 0 Å². The molecule has 0 spiro atoms. The molecule has 3 rings (SSSR count). The Balaban J connectivity index is 1.94. The molecule has 2 aromatic carbocycles. The zero-order chi connectivity index (χ0) is 20.9. The minimum absolute atomic E-state index is 0.125. The fourth-order valence-corrected chi connectivity index (χ4v) is 4.30. The molecule has 0 amide bonds. The summed E-state index contributed by atoms with van der Waals surface area (Å²) in [6.07, 6.45) is 0.353. The average molecular weight is 437 g/mol. The smallest absolute Gasteiger partial charge is 0.209 e. The molecular weight excluding hydrogens is 415 g/mol. The molecule has 0 atom stereocenters. The molecule has 0 saturated carbocycles. The first-order chi connectivity index (χ1) is 13.9. The third-order valence-corrected chi connectivity index (χ3v) is 5.83. The van der Waals surface area contributed by atoms with Crippen LogP contribution in [0.15, 0.2) is 53.7 Å². The van der Waals surface area contributed by atoms with Gasteiger partial charge in [0.1, 0.15) is 11.6 Å². The molecule has 154 valence electrons. The zero-order valence-electron chi connectivity index (χ0n) is 15.8. The summed E-state index contributed by atoms with van der Waals surface area (Å²) in [5.41, 5.74) is 1.07. The predicted molar refractivity (Wildman–Crippen MR) is 111 cm³/mol. The highest BCUT2D eigenvalue weighted by molar-refractivity contribution is 7.99. The Morgan fingerprint density at radius 3 is 2.52 bits per heavy atom. The van der Waals surface area contributed by atoms with Crippen molar-refractivity contribution in [2.24, 2.45) is 5.14 Å². The standard InChI is InChI=1S/C19H21FN4O3S2/c1-2-27-15-10-8-14(9-11-15)18-22-23-19(28-12-5-13-29(21,25)26)24(18)17-7-4-3-6-16(17)20/h3-4,6-11H,2,5,12-13H2,1H3,(H2,21,25,26). The third-order valence-electron chi connectivity index (χ3n) is 3.95. The first kappa shape index (κ1) is 21.3. The van der Waals surface area contributed by atoms with Gasteiger partial charge in [0.15, 0.2) is 11.0 Å². The van der Waals surface area contributed by atoms with Crippen LogP contribution in [0.2, 0.25) is 0 Å². The van der Waals surface area contributed by atoms with Gasteiger partial charge in [-0.15, -0.1) is 10.2 Å². The number of hydrogen-bond donors (Lipinski definition) is 1. The number of nitrogens with zero attached hydrogens (tertiary/aromatic N) is 3. The molecule has 0 aliphatic carbocycles. The van der Waals surface area contributed by atoms with E-state index in [0.29, 0.717) is 35.4 Å². The Morgan fingerprint density at radius 1 is 1.14 bits per heavy atom. The molecule has 2 N–H and O–H groups in total. The second-order valence-electron chi connectivity index (χ2n) is 6.12. The van der Waals surface area contributed by atoms with Crippen LogP contribution in [0.3, 0.4) is 0 Å². The molecular formula is C19H21FN4O3S2. The highest BCUT2D eigenvalue weighted by Gasteiger charge is 2.18. The molecule has 0 radical (unpaired) electrons. The highest BCUT2D eigenvalue weighted by Crippen LogP contribution is 2.30. The molecule has 1 aromatic heterocycles. The average Bonchev–Trinajstić information content (AvgIpc) is 3.09. The number of sulfonamides is 1. The minimum Gasteiger partial charge on any atom is -0.494 e. The lowest BCUT2D eigenvalue weighted by atomic mass is 10.2. The lowest BCUT2D eigenvalue weighted by Gasteiger charge is -2.11. The Hall–Kier alpha value is -2.43. The molecule has 0 unspecified atom stereocenters. The zero-order valence-corrected chi connectivity index (χ0v) is 17.4. The van der Waals surface area contributed by atoms with Crippen LogP contribution in [0.1, 0.15) is 13.3 Å². The monoisotopic (exact) mass is 436 g/mol. The number of benzene rings is 2. The second kappa shape index (κ2) is 9.38. The van der Waals surface area contributed by atoms with Gasteiger partial charge in [-0.25, -0.2) is 17.9 Å². The van der Waals surface area contributed by atoms with Crippen LogP contribution in [-0.4, -0.2) is 41.3 Å². The maximum atomic E-state index is 14.5. The number of aromatic nitrogens is 3. The molecule has 3 aromatic rings. The Morgan fingerprint density at radius 2 is 1.86 bits per heavy atom. The van der Waals surface area contributed by atoms with Crippen LogP contribution in [0, 0.1) is 5.82 Å². The SMILES string of the molecule is CCOc1ccc(-c2nnc(SCCCS(N)(=O)=O)n2-c2ccccc2F)cc1. The number of para-hydroxylation sites is 1. The highest BCUT2D eigenvalue weighted by atomic mass is 32.2. The molecule has 0 saturated heterocycles. The van der Waals surface area contributed by atoms with E-state index in [9.17, 15) is 12.8 Å². The van der Waals surface area contributed by atoms with Gasteiger partial charge >= 0.3 is 0 Å². The van der Waals surface area contributed by atoms with Gasteiger partial charge in [0.2, 0.25) is 10.0 Å². The topological polar surface area (TPSA) is 100 Å². The van der Waals surface area contributed by atoms with Crippen LogP contribution in [0.5, 0.6) is 5.75 Å². The van der Waals surface area contributed by atoms with Crippen molar-refractivity contribution >= 4 is 21.8 Å². The van der Waals surface area contributed by atoms with E-state index >= 15 is 0 Å². The number of hydrogen-bond acceptors (Lipinski definition) is 6. The molecule has 10 heteroatoms. The summed E-state index contributed by atoms with van der Waals surface area (Å²) in [4.78, 5) is 0. The van der Waals surface area contributed by atoms with E-state index < -0.39 is 15.8 Å². The Labute approximate surface area is 173 Å². The summed E-state index contributed by atoms with van der Waals surface area (Å²) in [7, 11) is -3.52. The van der Waals surface area contributed by atoms with Gasteiger partial charge in [0.25, 0.3) is 0 Å². The van der Waals surface area contributed by atoms with Gasteiger partial charge in [-0.05, 0) is 49.7 Å². The number of thioether (sulfide) groups is 1. The van der Waals surface area contributed by atoms with Crippen molar-refractivity contribution in [3.63, 3.8) is 0 Å². The van der Waals surface area contributed by atoms with Crippen LogP contribution < -0.4 is 9.88 Å². The van der Waals surface area contributed by atoms with Crippen molar-refractivity contribution in [1.82, 2.24) is 14.8 Å². The summed E-state index contributed by atoms with van der Waals surface area (Å²) >= 11 is 1.30. The van der Waals surface area contributed by atoms with E-state index in [1.807, 2.05) is 31.2 Å². The van der Waals surface area contributed by atoms with Crippen molar-refractivity contribution in [2.45, 2.75) is 18.5 Å². The van der Waals surface area contributed by atoms with E-state index in [1.165, 1.54) is 17.8 Å². The summed E-state index contributed by atoms with van der Waals surface area (Å²) < 4.78 is 43.9. The van der Waals surface area contributed by atoms with Gasteiger partial charge in [-0.1, -0.05) is 23.9 Å². The molecule has 29 heavy (non-hydrogen) atoms. The van der Waals surface area contributed by atoms with E-state index in [4.69, 9.17) is 9.88 Å². The van der Waals surface area contributed by atoms with Gasteiger partial charge in [0.05, 0.1) is 18.0 Å². The number of nitrogens with two attached hydrogens (primary N) is 1. The molecule has 0 fully saturated rings. The number of primary sulfonamides is 1. The van der Waals surface area contributed by atoms with Crippen LogP contribution in [0.4, 0.5) is 4.39 Å². The van der Waals surface area contributed by atoms with Crippen molar-refractivity contribution in [3.8, 4) is 22.8 Å². The molecule has 0 aliphatic heterocycles. The van der Waals surface area contributed by atoms with Crippen molar-refractivity contribution in [2.75, 3.05) is 18.1 Å². The molecule has 0 aliphatic rings. The summed E-state index contributed by atoms with van der Waals surface area (Å²) in [6.45, 7) is 2.46. The van der Waals surface area contributed by atoms with E-state index in [1.54, 1.807) is 22.8 Å². The molecule has 1 heterocycles. The molecule has 0 bridgehead atoms.